The zero-order valence-electron chi connectivity index (χ0n) is 19.0. The minimum atomic E-state index is -0.323. The van der Waals surface area contributed by atoms with Gasteiger partial charge in [-0.25, -0.2) is 4.90 Å². The summed E-state index contributed by atoms with van der Waals surface area (Å²) < 4.78 is 11.2. The highest BCUT2D eigenvalue weighted by Gasteiger charge is 2.43. The van der Waals surface area contributed by atoms with Gasteiger partial charge >= 0.3 is 0 Å². The van der Waals surface area contributed by atoms with E-state index < -0.39 is 0 Å². The molecular weight excluding hydrogens is 404 g/mol. The monoisotopic (exact) mass is 434 g/mol. The summed E-state index contributed by atoms with van der Waals surface area (Å²) in [6, 6.07) is 14.6. The van der Waals surface area contributed by atoms with E-state index in [0.29, 0.717) is 35.2 Å². The van der Waals surface area contributed by atoms with Crippen molar-refractivity contribution in [2.75, 3.05) is 31.7 Å². The molecule has 0 N–H and O–H groups in total. The van der Waals surface area contributed by atoms with Gasteiger partial charge in [0.2, 0.25) is 0 Å². The van der Waals surface area contributed by atoms with Crippen molar-refractivity contribution in [3.63, 3.8) is 0 Å². The number of hydrogen-bond donors (Lipinski definition) is 0. The molecule has 2 heterocycles. The Balaban J connectivity index is 1.74. The molecule has 2 aliphatic heterocycles. The van der Waals surface area contributed by atoms with Gasteiger partial charge in [0.1, 0.15) is 17.2 Å². The number of ether oxygens (including phenoxy) is 2. The second kappa shape index (κ2) is 9.47. The van der Waals surface area contributed by atoms with Crippen molar-refractivity contribution in [3.8, 4) is 11.5 Å². The smallest absolute Gasteiger partial charge is 0.282 e. The van der Waals surface area contributed by atoms with Crippen LogP contribution in [0, 0.1) is 5.92 Å². The summed E-state index contributed by atoms with van der Waals surface area (Å²) in [6.45, 7) is 6.36. The van der Waals surface area contributed by atoms with Gasteiger partial charge in [0, 0.05) is 13.1 Å². The van der Waals surface area contributed by atoms with Crippen molar-refractivity contribution in [2.45, 2.75) is 33.1 Å². The third-order valence-electron chi connectivity index (χ3n) is 5.78. The molecule has 2 aliphatic rings. The summed E-state index contributed by atoms with van der Waals surface area (Å²) in [4.78, 5) is 30.6. The van der Waals surface area contributed by atoms with Crippen molar-refractivity contribution in [1.29, 1.82) is 0 Å². The molecule has 0 radical (unpaired) electrons. The van der Waals surface area contributed by atoms with Gasteiger partial charge in [-0.1, -0.05) is 38.1 Å². The zero-order valence-corrected chi connectivity index (χ0v) is 19.0. The number of carbonyl (C=O) groups excluding carboxylic acids is 2. The summed E-state index contributed by atoms with van der Waals surface area (Å²) in [7, 11) is 1.54. The van der Waals surface area contributed by atoms with E-state index >= 15 is 0 Å². The second-order valence-corrected chi connectivity index (χ2v) is 8.62. The van der Waals surface area contributed by atoms with Crippen molar-refractivity contribution >= 4 is 23.1 Å². The van der Waals surface area contributed by atoms with Gasteiger partial charge in [0.05, 0.1) is 25.0 Å². The van der Waals surface area contributed by atoms with Crippen LogP contribution in [0.1, 0.15) is 38.7 Å². The van der Waals surface area contributed by atoms with Crippen LogP contribution in [0.5, 0.6) is 11.5 Å². The maximum atomic E-state index is 13.7. The first-order chi connectivity index (χ1) is 15.5. The quantitative estimate of drug-likeness (QED) is 0.601. The predicted molar refractivity (Wildman–Crippen MR) is 125 cm³/mol. The highest BCUT2D eigenvalue weighted by molar-refractivity contribution is 6.45. The van der Waals surface area contributed by atoms with Crippen LogP contribution in [0.3, 0.4) is 0 Å². The number of rotatable bonds is 7. The molecule has 0 aliphatic carbocycles. The van der Waals surface area contributed by atoms with Gasteiger partial charge < -0.3 is 14.4 Å². The molecule has 4 rings (SSSR count). The van der Waals surface area contributed by atoms with Gasteiger partial charge in [0.25, 0.3) is 11.8 Å². The molecule has 1 saturated heterocycles. The van der Waals surface area contributed by atoms with Gasteiger partial charge in [0.15, 0.2) is 0 Å². The van der Waals surface area contributed by atoms with Crippen LogP contribution in [0.15, 0.2) is 54.2 Å². The van der Waals surface area contributed by atoms with Crippen molar-refractivity contribution in [1.82, 2.24) is 4.90 Å². The largest absolute Gasteiger partial charge is 0.495 e. The molecule has 168 valence electrons. The molecule has 0 spiro atoms. The summed E-state index contributed by atoms with van der Waals surface area (Å²) in [6.07, 6.45) is 3.16. The Morgan fingerprint density at radius 2 is 1.59 bits per heavy atom. The molecule has 0 aromatic heterocycles. The molecule has 0 unspecified atom stereocenters. The molecule has 1 fully saturated rings. The predicted octanol–water partition coefficient (Wildman–Crippen LogP) is 4.50. The summed E-state index contributed by atoms with van der Waals surface area (Å²) >= 11 is 0. The number of anilines is 1. The summed E-state index contributed by atoms with van der Waals surface area (Å²) in [5, 5.41) is 0. The lowest BCUT2D eigenvalue weighted by molar-refractivity contribution is -0.120. The van der Waals surface area contributed by atoms with Gasteiger partial charge in [-0.2, -0.15) is 0 Å². The van der Waals surface area contributed by atoms with E-state index in [4.69, 9.17) is 9.47 Å². The van der Waals surface area contributed by atoms with Gasteiger partial charge in [-0.15, -0.1) is 0 Å². The van der Waals surface area contributed by atoms with Gasteiger partial charge in [-0.05, 0) is 55.0 Å². The molecule has 2 aromatic rings. The molecular formula is C26H30N2O4. The van der Waals surface area contributed by atoms with Crippen LogP contribution in [-0.4, -0.2) is 43.5 Å². The zero-order chi connectivity index (χ0) is 22.7. The number of nitrogens with zero attached hydrogens (tertiary/aromatic N) is 2. The molecule has 2 aromatic carbocycles. The van der Waals surface area contributed by atoms with E-state index in [1.165, 1.54) is 4.90 Å². The second-order valence-electron chi connectivity index (χ2n) is 8.62. The van der Waals surface area contributed by atoms with Crippen molar-refractivity contribution in [2.24, 2.45) is 5.92 Å². The number of amides is 2. The lowest BCUT2D eigenvalue weighted by atomic mass is 10.0. The first-order valence-electron chi connectivity index (χ1n) is 11.3. The maximum Gasteiger partial charge on any atom is 0.282 e. The Morgan fingerprint density at radius 3 is 2.25 bits per heavy atom. The Labute approximate surface area is 189 Å². The van der Waals surface area contributed by atoms with Crippen LogP contribution in [0.25, 0.3) is 5.57 Å². The van der Waals surface area contributed by atoms with E-state index in [1.807, 2.05) is 30.3 Å². The number of carbonyl (C=O) groups is 2. The highest BCUT2D eigenvalue weighted by Crippen LogP contribution is 2.39. The topological polar surface area (TPSA) is 59.1 Å². The molecule has 6 nitrogen and oxygen atoms in total. The van der Waals surface area contributed by atoms with Crippen LogP contribution < -0.4 is 14.4 Å². The Morgan fingerprint density at radius 1 is 0.906 bits per heavy atom. The van der Waals surface area contributed by atoms with Crippen LogP contribution in [0.2, 0.25) is 0 Å². The number of piperidine rings is 1. The number of hydrogen-bond acceptors (Lipinski definition) is 5. The van der Waals surface area contributed by atoms with E-state index in [9.17, 15) is 9.59 Å². The van der Waals surface area contributed by atoms with Crippen LogP contribution >= 0.6 is 0 Å². The fourth-order valence-electron chi connectivity index (χ4n) is 4.20. The average molecular weight is 435 g/mol. The van der Waals surface area contributed by atoms with E-state index in [2.05, 4.69) is 18.7 Å². The fourth-order valence-corrected chi connectivity index (χ4v) is 4.20. The number of methoxy groups -OCH3 is 1. The molecule has 0 atom stereocenters. The minimum Gasteiger partial charge on any atom is -0.495 e. The average Bonchev–Trinajstić information content (AvgIpc) is 3.08. The standard InChI is InChI=1S/C26H30N2O4/c1-18(2)17-32-20-13-11-19(12-14-20)23-24(27-15-7-4-8-16-27)26(30)28(25(23)29)21-9-5-6-10-22(21)31-3/h5-6,9-14,18H,4,7-8,15-17H2,1-3H3. The van der Waals surface area contributed by atoms with E-state index in [1.54, 1.807) is 25.3 Å². The molecule has 6 heteroatoms. The summed E-state index contributed by atoms with van der Waals surface area (Å²) in [5.41, 5.74) is 2.11. The lowest BCUT2D eigenvalue weighted by Crippen LogP contribution is -2.37. The van der Waals surface area contributed by atoms with Crippen LogP contribution in [-0.2, 0) is 9.59 Å². The Bertz CT molecular complexity index is 1020. The molecule has 0 saturated carbocycles. The molecule has 32 heavy (non-hydrogen) atoms. The third-order valence-corrected chi connectivity index (χ3v) is 5.78. The molecule has 2 amide bonds. The Hall–Kier alpha value is -3.28. The lowest BCUT2D eigenvalue weighted by Gasteiger charge is -2.29. The van der Waals surface area contributed by atoms with E-state index in [-0.39, 0.29) is 11.8 Å². The number of imide groups is 1. The Kier molecular flexibility index (Phi) is 6.49. The fraction of sp³-hybridized carbons (Fsp3) is 0.385. The first-order valence-corrected chi connectivity index (χ1v) is 11.3. The molecule has 0 bridgehead atoms. The summed E-state index contributed by atoms with van der Waals surface area (Å²) in [5.74, 6) is 1.05. The van der Waals surface area contributed by atoms with Crippen molar-refractivity contribution < 1.29 is 19.1 Å². The number of likely N-dealkylation sites (tertiary alicyclic amines) is 1. The first kappa shape index (κ1) is 21.9. The number of benzene rings is 2. The third kappa shape index (κ3) is 4.22. The highest BCUT2D eigenvalue weighted by atomic mass is 16.5. The SMILES string of the molecule is COc1ccccc1N1C(=O)C(c2ccc(OCC(C)C)cc2)=C(N2CCCCC2)C1=O. The maximum absolute atomic E-state index is 13.7. The van der Waals surface area contributed by atoms with Gasteiger partial charge in [-0.3, -0.25) is 9.59 Å². The van der Waals surface area contributed by atoms with Crippen molar-refractivity contribution in [3.05, 3.63) is 59.8 Å². The van der Waals surface area contributed by atoms with Crippen LogP contribution in [0.4, 0.5) is 5.69 Å². The normalized spacial score (nSPS) is 16.9. The van der Waals surface area contributed by atoms with E-state index in [0.717, 1.165) is 43.7 Å². The number of para-hydroxylation sites is 2. The minimum absolute atomic E-state index is 0.295.